The zero-order chi connectivity index (χ0) is 10.1. The molecule has 0 unspecified atom stereocenters. The number of benzene rings is 1. The zero-order valence-corrected chi connectivity index (χ0v) is 9.19. The second-order valence-electron chi connectivity index (χ2n) is 3.08. The highest BCUT2D eigenvalue weighted by Crippen LogP contribution is 2.34. The summed E-state index contributed by atoms with van der Waals surface area (Å²) in [5, 5.41) is 1.13. The molecule has 0 spiro atoms. The van der Waals surface area contributed by atoms with Gasteiger partial charge in [0.05, 0.1) is 0 Å². The molecule has 0 aliphatic rings. The Morgan fingerprint density at radius 2 is 2.21 bits per heavy atom. The number of nitrogens with two attached hydrogens (primary N) is 1. The number of nitrogen functional groups attached to an aromatic ring is 1. The maximum atomic E-state index is 6.02. The van der Waals surface area contributed by atoms with Gasteiger partial charge in [0, 0.05) is 5.56 Å². The Morgan fingerprint density at radius 1 is 1.43 bits per heavy atom. The number of hydrogen-bond acceptors (Lipinski definition) is 3. The van der Waals surface area contributed by atoms with Gasteiger partial charge < -0.3 is 5.73 Å². The lowest BCUT2D eigenvalue weighted by atomic mass is 10.1. The van der Waals surface area contributed by atoms with Gasteiger partial charge in [-0.25, -0.2) is 0 Å². The molecule has 0 saturated carbocycles. The van der Waals surface area contributed by atoms with Crippen LogP contribution >= 0.6 is 23.1 Å². The van der Waals surface area contributed by atoms with E-state index in [4.69, 9.17) is 17.3 Å². The average Bonchev–Trinajstić information content (AvgIpc) is 2.48. The molecule has 2 N–H and O–H groups in total. The van der Waals surface area contributed by atoms with Gasteiger partial charge in [-0.1, -0.05) is 35.4 Å². The molecule has 2 nitrogen and oxygen atoms in total. The molecule has 0 fully saturated rings. The van der Waals surface area contributed by atoms with Crippen molar-refractivity contribution < 1.29 is 0 Å². The summed E-state index contributed by atoms with van der Waals surface area (Å²) in [7, 11) is 0. The van der Waals surface area contributed by atoms with Gasteiger partial charge in [0.1, 0.15) is 15.7 Å². The number of nitrogens with zero attached hydrogens (tertiary/aromatic N) is 1. The Balaban J connectivity index is 2.55. The summed E-state index contributed by atoms with van der Waals surface area (Å²) in [6.07, 6.45) is 0. The lowest BCUT2D eigenvalue weighted by Gasteiger charge is -1.98. The van der Waals surface area contributed by atoms with Crippen molar-refractivity contribution >= 4 is 28.1 Å². The molecule has 2 rings (SSSR count). The quantitative estimate of drug-likeness (QED) is 0.807. The summed E-state index contributed by atoms with van der Waals surface area (Å²) < 4.78 is 4.21. The molecular formula is C10H9ClN2S. The molecule has 0 aliphatic carbocycles. The maximum Gasteiger partial charge on any atom is 0.126 e. The normalized spacial score (nSPS) is 10.4. The summed E-state index contributed by atoms with van der Waals surface area (Å²) in [6, 6.07) is 8.04. The van der Waals surface area contributed by atoms with Gasteiger partial charge in [0.15, 0.2) is 0 Å². The van der Waals surface area contributed by atoms with Crippen molar-refractivity contribution in [2.24, 2.45) is 0 Å². The number of anilines is 1. The van der Waals surface area contributed by atoms with Crippen LogP contribution in [0.15, 0.2) is 24.3 Å². The number of halogens is 1. The monoisotopic (exact) mass is 224 g/mol. The zero-order valence-electron chi connectivity index (χ0n) is 7.62. The molecule has 0 bridgehead atoms. The molecule has 0 aliphatic heterocycles. The molecule has 1 aromatic carbocycles. The van der Waals surface area contributed by atoms with E-state index in [1.165, 1.54) is 17.1 Å². The fraction of sp³-hybridized carbons (Fsp3) is 0.100. The number of rotatable bonds is 1. The molecule has 14 heavy (non-hydrogen) atoms. The van der Waals surface area contributed by atoms with Crippen LogP contribution in [0.5, 0.6) is 0 Å². The standard InChI is InChI=1S/C10H9ClN2S/c1-6-3-2-4-7(5-6)9-8(11)10(12)14-13-9/h2-5H,12H2,1H3. The fourth-order valence-corrected chi connectivity index (χ4v) is 2.13. The largest absolute Gasteiger partial charge is 0.388 e. The van der Waals surface area contributed by atoms with E-state index in [9.17, 15) is 0 Å². The maximum absolute atomic E-state index is 6.02. The van der Waals surface area contributed by atoms with E-state index in [0.29, 0.717) is 10.0 Å². The van der Waals surface area contributed by atoms with E-state index < -0.39 is 0 Å². The van der Waals surface area contributed by atoms with Crippen molar-refractivity contribution in [3.8, 4) is 11.3 Å². The Labute approximate surface area is 91.5 Å². The van der Waals surface area contributed by atoms with E-state index in [1.54, 1.807) is 0 Å². The lowest BCUT2D eigenvalue weighted by Crippen LogP contribution is -1.81. The van der Waals surface area contributed by atoms with Crippen molar-refractivity contribution in [3.05, 3.63) is 34.9 Å². The molecule has 0 atom stereocenters. The first-order chi connectivity index (χ1) is 6.68. The lowest BCUT2D eigenvalue weighted by molar-refractivity contribution is 1.44. The first kappa shape index (κ1) is 9.49. The van der Waals surface area contributed by atoms with Gasteiger partial charge in [-0.3, -0.25) is 0 Å². The molecule has 1 aromatic heterocycles. The summed E-state index contributed by atoms with van der Waals surface area (Å²) in [5.41, 5.74) is 8.62. The minimum Gasteiger partial charge on any atom is -0.388 e. The van der Waals surface area contributed by atoms with E-state index >= 15 is 0 Å². The van der Waals surface area contributed by atoms with Crippen LogP contribution in [0.4, 0.5) is 5.00 Å². The Kier molecular flexibility index (Phi) is 2.44. The topological polar surface area (TPSA) is 38.9 Å². The van der Waals surface area contributed by atoms with Crippen molar-refractivity contribution in [2.75, 3.05) is 5.73 Å². The predicted octanol–water partition coefficient (Wildman–Crippen LogP) is 3.35. The first-order valence-corrected chi connectivity index (χ1v) is 5.31. The summed E-state index contributed by atoms with van der Waals surface area (Å²) in [5.74, 6) is 0. The highest BCUT2D eigenvalue weighted by atomic mass is 35.5. The number of aromatic nitrogens is 1. The van der Waals surface area contributed by atoms with Gasteiger partial charge in [-0.15, -0.1) is 0 Å². The summed E-state index contributed by atoms with van der Waals surface area (Å²) in [4.78, 5) is 0. The third-order valence-electron chi connectivity index (χ3n) is 1.95. The third-order valence-corrected chi connectivity index (χ3v) is 3.12. The van der Waals surface area contributed by atoms with E-state index in [0.717, 1.165) is 11.3 Å². The van der Waals surface area contributed by atoms with Gasteiger partial charge in [0.25, 0.3) is 0 Å². The molecule has 0 saturated heterocycles. The van der Waals surface area contributed by atoms with Crippen LogP contribution in [0.3, 0.4) is 0 Å². The smallest absolute Gasteiger partial charge is 0.126 e. The Bertz CT molecular complexity index is 465. The Hall–Kier alpha value is -1.06. The highest BCUT2D eigenvalue weighted by molar-refractivity contribution is 7.11. The summed E-state index contributed by atoms with van der Waals surface area (Å²) >= 11 is 7.25. The van der Waals surface area contributed by atoms with Crippen molar-refractivity contribution in [2.45, 2.75) is 6.92 Å². The fourth-order valence-electron chi connectivity index (χ4n) is 1.26. The van der Waals surface area contributed by atoms with Crippen LogP contribution in [0, 0.1) is 6.92 Å². The van der Waals surface area contributed by atoms with Crippen LogP contribution in [0.1, 0.15) is 5.56 Å². The molecular weight excluding hydrogens is 216 g/mol. The van der Waals surface area contributed by atoms with E-state index in [2.05, 4.69) is 4.37 Å². The number of aryl methyl sites for hydroxylation is 1. The van der Waals surface area contributed by atoms with Crippen molar-refractivity contribution in [1.29, 1.82) is 0 Å². The van der Waals surface area contributed by atoms with Crippen molar-refractivity contribution in [3.63, 3.8) is 0 Å². The van der Waals surface area contributed by atoms with Crippen LogP contribution < -0.4 is 5.73 Å². The minimum absolute atomic E-state index is 0.556. The van der Waals surface area contributed by atoms with Crippen molar-refractivity contribution in [1.82, 2.24) is 4.37 Å². The molecule has 1 heterocycles. The second kappa shape index (κ2) is 3.59. The van der Waals surface area contributed by atoms with Gasteiger partial charge in [-0.05, 0) is 24.5 Å². The minimum atomic E-state index is 0.556. The molecule has 0 radical (unpaired) electrons. The first-order valence-electron chi connectivity index (χ1n) is 4.16. The molecule has 4 heteroatoms. The predicted molar refractivity (Wildman–Crippen MR) is 61.7 cm³/mol. The van der Waals surface area contributed by atoms with Crippen LogP contribution in [0.2, 0.25) is 5.02 Å². The van der Waals surface area contributed by atoms with Crippen LogP contribution in [-0.2, 0) is 0 Å². The van der Waals surface area contributed by atoms with Gasteiger partial charge >= 0.3 is 0 Å². The van der Waals surface area contributed by atoms with Gasteiger partial charge in [-0.2, -0.15) is 4.37 Å². The van der Waals surface area contributed by atoms with Crippen LogP contribution in [-0.4, -0.2) is 4.37 Å². The van der Waals surface area contributed by atoms with E-state index in [1.807, 2.05) is 31.2 Å². The second-order valence-corrected chi connectivity index (χ2v) is 4.26. The average molecular weight is 225 g/mol. The van der Waals surface area contributed by atoms with Gasteiger partial charge in [0.2, 0.25) is 0 Å². The highest BCUT2D eigenvalue weighted by Gasteiger charge is 2.10. The molecule has 72 valence electrons. The SMILES string of the molecule is Cc1cccc(-c2nsc(N)c2Cl)c1. The van der Waals surface area contributed by atoms with E-state index in [-0.39, 0.29) is 0 Å². The summed E-state index contributed by atoms with van der Waals surface area (Å²) in [6.45, 7) is 2.03. The third kappa shape index (κ3) is 1.61. The molecule has 0 amide bonds. The number of hydrogen-bond donors (Lipinski definition) is 1. The molecule has 2 aromatic rings. The van der Waals surface area contributed by atoms with Crippen LogP contribution in [0.25, 0.3) is 11.3 Å². The Morgan fingerprint density at radius 3 is 2.79 bits per heavy atom.